The number of carbonyl (C=O) groups excluding carboxylic acids is 1. The van der Waals surface area contributed by atoms with Gasteiger partial charge < -0.3 is 19.8 Å². The molecule has 0 saturated carbocycles. The van der Waals surface area contributed by atoms with Crippen LogP contribution in [0.3, 0.4) is 0 Å². The van der Waals surface area contributed by atoms with E-state index in [4.69, 9.17) is 19.8 Å². The van der Waals surface area contributed by atoms with E-state index in [0.29, 0.717) is 35.0 Å². The highest BCUT2D eigenvalue weighted by Crippen LogP contribution is 2.31. The largest absolute Gasteiger partial charge is 0.493 e. The quantitative estimate of drug-likeness (QED) is 0.233. The third kappa shape index (κ3) is 5.10. The number of ether oxygens (including phenoxy) is 2. The van der Waals surface area contributed by atoms with Gasteiger partial charge in [-0.2, -0.15) is 5.10 Å². The summed E-state index contributed by atoms with van der Waals surface area (Å²) in [5, 5.41) is 11.6. The van der Waals surface area contributed by atoms with Gasteiger partial charge in [-0.1, -0.05) is 48.5 Å². The number of fused-ring (bicyclic) bond motifs is 1. The Morgan fingerprint density at radius 2 is 1.89 bits per heavy atom. The molecule has 2 heterocycles. The van der Waals surface area contributed by atoms with Gasteiger partial charge in [-0.25, -0.2) is 15.0 Å². The lowest BCUT2D eigenvalue weighted by atomic mass is 10.2. The van der Waals surface area contributed by atoms with Crippen LogP contribution in [0.15, 0.2) is 82.5 Å². The number of methoxy groups -OCH3 is 1. The normalized spacial score (nSPS) is 11.2. The number of hydrogen-bond acceptors (Lipinski definition) is 9. The molecule has 0 aliphatic rings. The van der Waals surface area contributed by atoms with E-state index >= 15 is 0 Å². The second kappa shape index (κ2) is 10.6. The van der Waals surface area contributed by atoms with Gasteiger partial charge in [0.05, 0.1) is 24.4 Å². The molecule has 0 fully saturated rings. The zero-order valence-corrected chi connectivity index (χ0v) is 19.9. The molecule has 0 atom stereocenters. The molecule has 1 amide bonds. The highest BCUT2D eigenvalue weighted by molar-refractivity contribution is 5.88. The zero-order chi connectivity index (χ0) is 25.6. The third-order valence-electron chi connectivity index (χ3n) is 5.53. The molecule has 11 nitrogen and oxygen atoms in total. The number of hydrogen-bond donors (Lipinski definition) is 2. The van der Waals surface area contributed by atoms with E-state index in [1.807, 2.05) is 66.7 Å². The summed E-state index contributed by atoms with van der Waals surface area (Å²) in [5.41, 5.74) is 11.7. The van der Waals surface area contributed by atoms with Crippen molar-refractivity contribution in [3.8, 4) is 23.0 Å². The van der Waals surface area contributed by atoms with Gasteiger partial charge in [0.15, 0.2) is 28.8 Å². The van der Waals surface area contributed by atoms with Crippen molar-refractivity contribution < 1.29 is 18.9 Å². The molecule has 2 aromatic heterocycles. The van der Waals surface area contributed by atoms with E-state index in [-0.39, 0.29) is 24.0 Å². The Hall–Kier alpha value is -5.19. The molecule has 37 heavy (non-hydrogen) atoms. The fraction of sp³-hybridized carbons (Fsp3) is 0.115. The second-order valence-corrected chi connectivity index (χ2v) is 7.95. The molecule has 186 valence electrons. The number of hydrazone groups is 1. The van der Waals surface area contributed by atoms with Crippen molar-refractivity contribution in [2.24, 2.45) is 5.10 Å². The Bertz CT molecular complexity index is 1560. The number of nitrogen functional groups attached to an aromatic ring is 1. The fourth-order valence-electron chi connectivity index (χ4n) is 3.80. The summed E-state index contributed by atoms with van der Waals surface area (Å²) in [6.45, 7) is 0.264. The van der Waals surface area contributed by atoms with Crippen LogP contribution >= 0.6 is 0 Å². The van der Waals surface area contributed by atoms with Crippen LogP contribution in [0.25, 0.3) is 22.6 Å². The van der Waals surface area contributed by atoms with Crippen LogP contribution in [0.1, 0.15) is 11.1 Å². The van der Waals surface area contributed by atoms with Crippen molar-refractivity contribution in [2.45, 2.75) is 13.2 Å². The first kappa shape index (κ1) is 23.5. The summed E-state index contributed by atoms with van der Waals surface area (Å²) >= 11 is 0. The highest BCUT2D eigenvalue weighted by atomic mass is 16.6. The molecule has 0 spiro atoms. The number of nitrogens with two attached hydrogens (primary N) is 1. The molecule has 0 radical (unpaired) electrons. The highest BCUT2D eigenvalue weighted by Gasteiger charge is 2.20. The summed E-state index contributed by atoms with van der Waals surface area (Å²) in [6.07, 6.45) is 1.51. The number of imidazole rings is 1. The SMILES string of the molecule is COc1cccc(/C=N\NC(=O)Cn2c(-c3nonc3N)nc3ccccc32)c1OCc1ccccc1. The maximum absolute atomic E-state index is 12.8. The van der Waals surface area contributed by atoms with Gasteiger partial charge in [0.2, 0.25) is 0 Å². The van der Waals surface area contributed by atoms with E-state index in [9.17, 15) is 4.79 Å². The topological polar surface area (TPSA) is 143 Å². The van der Waals surface area contributed by atoms with Crippen molar-refractivity contribution in [3.63, 3.8) is 0 Å². The molecule has 5 aromatic rings. The first-order chi connectivity index (χ1) is 18.1. The van der Waals surface area contributed by atoms with Crippen molar-refractivity contribution in [2.75, 3.05) is 12.8 Å². The maximum atomic E-state index is 12.8. The van der Waals surface area contributed by atoms with Gasteiger partial charge in [-0.05, 0) is 40.1 Å². The summed E-state index contributed by atoms with van der Waals surface area (Å²) in [5.74, 6) is 1.13. The molecule has 0 aliphatic heterocycles. The summed E-state index contributed by atoms with van der Waals surface area (Å²) < 4.78 is 17.9. The Kier molecular flexibility index (Phi) is 6.75. The van der Waals surface area contributed by atoms with Crippen molar-refractivity contribution in [1.82, 2.24) is 25.3 Å². The molecule has 0 aliphatic carbocycles. The molecule has 11 heteroatoms. The monoisotopic (exact) mass is 497 g/mol. The molecule has 0 bridgehead atoms. The lowest BCUT2D eigenvalue weighted by Crippen LogP contribution is -2.23. The van der Waals surface area contributed by atoms with E-state index in [0.717, 1.165) is 11.1 Å². The number of carbonyl (C=O) groups is 1. The van der Waals surface area contributed by atoms with Crippen LogP contribution in [0.2, 0.25) is 0 Å². The van der Waals surface area contributed by atoms with Crippen LogP contribution in [0.5, 0.6) is 11.5 Å². The molecular formula is C26H23N7O4. The number of nitrogens with zero attached hydrogens (tertiary/aromatic N) is 5. The van der Waals surface area contributed by atoms with E-state index in [1.165, 1.54) is 6.21 Å². The third-order valence-corrected chi connectivity index (χ3v) is 5.53. The summed E-state index contributed by atoms with van der Waals surface area (Å²) in [4.78, 5) is 17.4. The van der Waals surface area contributed by atoms with Crippen molar-refractivity contribution >= 4 is 29.0 Å². The van der Waals surface area contributed by atoms with Crippen LogP contribution < -0.4 is 20.6 Å². The average molecular weight is 498 g/mol. The van der Waals surface area contributed by atoms with E-state index in [1.54, 1.807) is 17.7 Å². The van der Waals surface area contributed by atoms with Gasteiger partial charge >= 0.3 is 0 Å². The van der Waals surface area contributed by atoms with Gasteiger partial charge in [0.1, 0.15) is 13.2 Å². The molecule has 3 aromatic carbocycles. The first-order valence-electron chi connectivity index (χ1n) is 11.3. The molecular weight excluding hydrogens is 474 g/mol. The second-order valence-electron chi connectivity index (χ2n) is 7.95. The molecule has 0 saturated heterocycles. The Morgan fingerprint density at radius 3 is 2.68 bits per heavy atom. The minimum Gasteiger partial charge on any atom is -0.493 e. The molecule has 0 unspecified atom stereocenters. The van der Waals surface area contributed by atoms with Gasteiger partial charge in [-0.3, -0.25) is 4.79 Å². The number of rotatable bonds is 9. The Labute approximate surface area is 211 Å². The average Bonchev–Trinajstić information content (AvgIpc) is 3.51. The number of amides is 1. The lowest BCUT2D eigenvalue weighted by Gasteiger charge is -2.13. The Morgan fingerprint density at radius 1 is 1.08 bits per heavy atom. The number of aromatic nitrogens is 4. The zero-order valence-electron chi connectivity index (χ0n) is 19.9. The Balaban J connectivity index is 1.34. The summed E-state index contributed by atoms with van der Waals surface area (Å²) in [6, 6.07) is 22.6. The van der Waals surface area contributed by atoms with E-state index < -0.39 is 0 Å². The predicted octanol–water partition coefficient (Wildman–Crippen LogP) is 3.41. The standard InChI is InChI=1S/C26H23N7O4/c1-35-21-13-7-10-18(24(21)36-16-17-8-3-2-4-9-17)14-28-30-22(34)15-33-20-12-6-5-11-19(20)29-26(33)23-25(27)32-37-31-23/h2-14H,15-16H2,1H3,(H2,27,32)(H,30,34)/b28-14-. The van der Waals surface area contributed by atoms with Crippen LogP contribution in [-0.2, 0) is 17.9 Å². The van der Waals surface area contributed by atoms with Gasteiger partial charge in [0, 0.05) is 5.56 Å². The van der Waals surface area contributed by atoms with Gasteiger partial charge in [0.25, 0.3) is 5.91 Å². The van der Waals surface area contributed by atoms with Crippen molar-refractivity contribution in [1.29, 1.82) is 0 Å². The number of nitrogens with one attached hydrogen (secondary N) is 1. The summed E-state index contributed by atoms with van der Waals surface area (Å²) in [7, 11) is 1.57. The van der Waals surface area contributed by atoms with Crippen LogP contribution in [0.4, 0.5) is 5.82 Å². The van der Waals surface area contributed by atoms with Crippen molar-refractivity contribution in [3.05, 3.63) is 83.9 Å². The van der Waals surface area contributed by atoms with Crippen LogP contribution in [0, 0.1) is 0 Å². The predicted molar refractivity (Wildman–Crippen MR) is 137 cm³/mol. The lowest BCUT2D eigenvalue weighted by molar-refractivity contribution is -0.121. The molecule has 5 rings (SSSR count). The van der Waals surface area contributed by atoms with Gasteiger partial charge in [-0.15, -0.1) is 0 Å². The number of para-hydroxylation sites is 3. The molecule has 3 N–H and O–H groups in total. The fourth-order valence-corrected chi connectivity index (χ4v) is 3.80. The number of benzene rings is 3. The smallest absolute Gasteiger partial charge is 0.260 e. The van der Waals surface area contributed by atoms with Crippen LogP contribution in [-0.4, -0.2) is 39.1 Å². The first-order valence-corrected chi connectivity index (χ1v) is 11.3. The minimum absolute atomic E-state index is 0.0797. The maximum Gasteiger partial charge on any atom is 0.260 e. The van der Waals surface area contributed by atoms with E-state index in [2.05, 4.69) is 25.8 Å². The minimum atomic E-state index is -0.384. The number of anilines is 1.